The maximum absolute atomic E-state index is 12.6. The Hall–Kier alpha value is -1.51. The first-order valence-corrected chi connectivity index (χ1v) is 7.75. The molecule has 1 aliphatic carbocycles. The van der Waals surface area contributed by atoms with Crippen molar-refractivity contribution in [2.75, 3.05) is 18.5 Å². The first-order chi connectivity index (χ1) is 9.76. The summed E-state index contributed by atoms with van der Waals surface area (Å²) in [7, 11) is 0. The number of esters is 1. The van der Waals surface area contributed by atoms with Gasteiger partial charge >= 0.3 is 5.97 Å². The topological polar surface area (TPSA) is 38.3 Å². The number of hydrogen-bond donors (Lipinski definition) is 1. The second-order valence-corrected chi connectivity index (χ2v) is 6.02. The van der Waals surface area contributed by atoms with Gasteiger partial charge in [-0.2, -0.15) is 0 Å². The largest absolute Gasteiger partial charge is 0.466 e. The van der Waals surface area contributed by atoms with E-state index >= 15 is 0 Å². The van der Waals surface area contributed by atoms with E-state index in [1.165, 1.54) is 17.7 Å². The first-order valence-electron chi connectivity index (χ1n) is 7.75. The van der Waals surface area contributed by atoms with E-state index in [4.69, 9.17) is 4.74 Å². The molecule has 3 rings (SSSR count). The van der Waals surface area contributed by atoms with Crippen LogP contribution >= 0.6 is 0 Å². The highest BCUT2D eigenvalue weighted by atomic mass is 16.5. The Morgan fingerprint density at radius 1 is 1.40 bits per heavy atom. The maximum Gasteiger partial charge on any atom is 0.314 e. The van der Waals surface area contributed by atoms with Crippen LogP contribution in [0.5, 0.6) is 0 Å². The Bertz CT molecular complexity index is 467. The van der Waals surface area contributed by atoms with E-state index in [9.17, 15) is 4.79 Å². The van der Waals surface area contributed by atoms with Gasteiger partial charge in [-0.3, -0.25) is 4.79 Å². The van der Waals surface area contributed by atoms with Gasteiger partial charge in [0.25, 0.3) is 0 Å². The summed E-state index contributed by atoms with van der Waals surface area (Å²) in [6, 6.07) is 8.38. The number of fused-ring (bicyclic) bond motifs is 1. The Kier molecular flexibility index (Phi) is 3.68. The van der Waals surface area contributed by atoms with Crippen molar-refractivity contribution in [1.82, 2.24) is 0 Å². The molecule has 0 spiro atoms. The number of hydrogen-bond acceptors (Lipinski definition) is 3. The molecule has 1 aliphatic heterocycles. The molecule has 2 aliphatic rings. The Morgan fingerprint density at radius 2 is 2.20 bits per heavy atom. The lowest BCUT2D eigenvalue weighted by atomic mass is 9.63. The molecule has 0 amide bonds. The van der Waals surface area contributed by atoms with Gasteiger partial charge in [-0.1, -0.05) is 24.6 Å². The minimum Gasteiger partial charge on any atom is -0.466 e. The Balaban J connectivity index is 1.87. The average molecular weight is 273 g/mol. The van der Waals surface area contributed by atoms with Crippen LogP contribution < -0.4 is 5.32 Å². The van der Waals surface area contributed by atoms with E-state index < -0.39 is 0 Å². The van der Waals surface area contributed by atoms with Gasteiger partial charge in [0.1, 0.15) is 0 Å². The van der Waals surface area contributed by atoms with Crippen LogP contribution in [0.4, 0.5) is 5.69 Å². The fourth-order valence-electron chi connectivity index (χ4n) is 3.53. The number of ether oxygens (including phenoxy) is 1. The predicted molar refractivity (Wildman–Crippen MR) is 79.7 cm³/mol. The van der Waals surface area contributed by atoms with E-state index in [-0.39, 0.29) is 11.4 Å². The van der Waals surface area contributed by atoms with Crippen LogP contribution in [0.2, 0.25) is 0 Å². The highest BCUT2D eigenvalue weighted by Gasteiger charge is 2.49. The molecule has 1 atom stereocenters. The number of benzene rings is 1. The van der Waals surface area contributed by atoms with Gasteiger partial charge < -0.3 is 10.1 Å². The van der Waals surface area contributed by atoms with Crippen LogP contribution in [0.25, 0.3) is 0 Å². The molecular weight excluding hydrogens is 250 g/mol. The number of nitrogens with one attached hydrogen (secondary N) is 1. The second kappa shape index (κ2) is 5.47. The molecule has 1 heterocycles. The lowest BCUT2D eigenvalue weighted by molar-refractivity contribution is -0.161. The minimum absolute atomic E-state index is 0.00464. The summed E-state index contributed by atoms with van der Waals surface area (Å²) in [5.41, 5.74) is 2.17. The van der Waals surface area contributed by atoms with Gasteiger partial charge in [-0.05, 0) is 50.2 Å². The van der Waals surface area contributed by atoms with E-state index in [0.717, 1.165) is 25.7 Å². The normalized spacial score (nSPS) is 25.9. The third-order valence-corrected chi connectivity index (χ3v) is 5.02. The summed E-state index contributed by atoms with van der Waals surface area (Å²) in [5.74, 6) is 0.494. The number of rotatable bonds is 3. The molecule has 0 bridgehead atoms. The molecule has 1 aromatic rings. The van der Waals surface area contributed by atoms with Crippen LogP contribution in [-0.4, -0.2) is 19.1 Å². The molecule has 3 nitrogen and oxygen atoms in total. The highest BCUT2D eigenvalue weighted by molar-refractivity contribution is 5.79. The van der Waals surface area contributed by atoms with Crippen molar-refractivity contribution in [3.05, 3.63) is 29.8 Å². The van der Waals surface area contributed by atoms with Crippen LogP contribution in [0.15, 0.2) is 24.3 Å². The van der Waals surface area contributed by atoms with E-state index in [2.05, 4.69) is 23.5 Å². The van der Waals surface area contributed by atoms with Crippen molar-refractivity contribution in [2.24, 2.45) is 11.3 Å². The molecule has 20 heavy (non-hydrogen) atoms. The lowest BCUT2D eigenvalue weighted by Gasteiger charge is -2.42. The summed E-state index contributed by atoms with van der Waals surface area (Å²) in [5, 5.41) is 3.50. The first kappa shape index (κ1) is 13.5. The fourth-order valence-corrected chi connectivity index (χ4v) is 3.53. The molecule has 1 aromatic carbocycles. The van der Waals surface area contributed by atoms with Crippen molar-refractivity contribution < 1.29 is 9.53 Å². The molecule has 1 fully saturated rings. The fraction of sp³-hybridized carbons (Fsp3) is 0.588. The molecule has 1 unspecified atom stereocenters. The number of para-hydroxylation sites is 1. The third kappa shape index (κ3) is 2.19. The van der Waals surface area contributed by atoms with Crippen molar-refractivity contribution in [1.29, 1.82) is 0 Å². The Morgan fingerprint density at radius 3 is 2.90 bits per heavy atom. The molecule has 0 aromatic heterocycles. The van der Waals surface area contributed by atoms with Crippen molar-refractivity contribution >= 4 is 11.7 Å². The number of carbonyl (C=O) groups excluding carboxylic acids is 1. The average Bonchev–Trinajstić information content (AvgIpc) is 2.59. The maximum atomic E-state index is 12.6. The van der Waals surface area contributed by atoms with Gasteiger partial charge in [-0.15, -0.1) is 0 Å². The van der Waals surface area contributed by atoms with Crippen LogP contribution in [0, 0.1) is 11.3 Å². The van der Waals surface area contributed by atoms with E-state index in [1.807, 2.05) is 13.0 Å². The summed E-state index contributed by atoms with van der Waals surface area (Å²) in [4.78, 5) is 12.6. The molecule has 1 saturated carbocycles. The molecule has 1 N–H and O–H groups in total. The van der Waals surface area contributed by atoms with E-state index in [1.54, 1.807) is 0 Å². The monoisotopic (exact) mass is 273 g/mol. The highest BCUT2D eigenvalue weighted by Crippen LogP contribution is 2.47. The summed E-state index contributed by atoms with van der Waals surface area (Å²) in [6.45, 7) is 3.08. The van der Waals surface area contributed by atoms with Gasteiger partial charge in [0.15, 0.2) is 0 Å². The quantitative estimate of drug-likeness (QED) is 0.858. The van der Waals surface area contributed by atoms with Crippen LogP contribution in [-0.2, 0) is 16.0 Å². The zero-order valence-electron chi connectivity index (χ0n) is 12.2. The van der Waals surface area contributed by atoms with Crippen LogP contribution in [0.3, 0.4) is 0 Å². The van der Waals surface area contributed by atoms with Gasteiger partial charge in [-0.25, -0.2) is 0 Å². The number of carbonyl (C=O) groups is 1. The zero-order chi connectivity index (χ0) is 14.0. The second-order valence-electron chi connectivity index (χ2n) is 6.02. The van der Waals surface area contributed by atoms with Gasteiger partial charge in [0.05, 0.1) is 12.0 Å². The summed E-state index contributed by atoms with van der Waals surface area (Å²) < 4.78 is 5.42. The minimum atomic E-state index is -0.326. The third-order valence-electron chi connectivity index (χ3n) is 5.02. The number of aryl methyl sites for hydroxylation is 1. The Labute approximate surface area is 120 Å². The van der Waals surface area contributed by atoms with Crippen molar-refractivity contribution in [2.45, 2.75) is 39.0 Å². The zero-order valence-corrected chi connectivity index (χ0v) is 12.2. The van der Waals surface area contributed by atoms with Crippen molar-refractivity contribution in [3.8, 4) is 0 Å². The predicted octanol–water partition coefficient (Wildman–Crippen LogP) is 3.39. The molecule has 0 radical (unpaired) electrons. The van der Waals surface area contributed by atoms with E-state index in [0.29, 0.717) is 19.1 Å². The van der Waals surface area contributed by atoms with Crippen LogP contribution in [0.1, 0.15) is 38.2 Å². The SMILES string of the molecule is CCOC(=O)C1(C2CCC2)CCc2ccccc2NC1. The van der Waals surface area contributed by atoms with Gasteiger partial charge in [0, 0.05) is 12.2 Å². The lowest BCUT2D eigenvalue weighted by Crippen LogP contribution is -2.47. The smallest absolute Gasteiger partial charge is 0.314 e. The molecule has 3 heteroatoms. The standard InChI is InChI=1S/C17H23NO2/c1-2-20-16(19)17(14-7-5-8-14)11-10-13-6-3-4-9-15(13)18-12-17/h3-4,6,9,14,18H,2,5,7-8,10-12H2,1H3. The summed E-state index contributed by atoms with van der Waals surface area (Å²) >= 11 is 0. The molecule has 108 valence electrons. The van der Waals surface area contributed by atoms with Crippen molar-refractivity contribution in [3.63, 3.8) is 0 Å². The van der Waals surface area contributed by atoms with Gasteiger partial charge in [0.2, 0.25) is 0 Å². The molecule has 0 saturated heterocycles. The molecular formula is C17H23NO2. The summed E-state index contributed by atoms with van der Waals surface area (Å²) in [6.07, 6.45) is 5.44. The number of anilines is 1.